The molecular weight excluding hydrogens is 496 g/mol. The Labute approximate surface area is 241 Å². The van der Waals surface area contributed by atoms with Crippen molar-refractivity contribution in [2.75, 3.05) is 6.61 Å². The normalized spacial score (nSPS) is 10.8. The van der Waals surface area contributed by atoms with Gasteiger partial charge in [0.05, 0.1) is 12.2 Å². The van der Waals surface area contributed by atoms with Gasteiger partial charge in [-0.3, -0.25) is 0 Å². The quantitative estimate of drug-likeness (QED) is 0.0615. The van der Waals surface area contributed by atoms with Crippen LogP contribution in [0.25, 0.3) is 11.4 Å². The van der Waals surface area contributed by atoms with Crippen molar-refractivity contribution in [3.8, 4) is 22.9 Å². The topological polar surface area (TPSA) is 61.3 Å². The maximum atomic E-state index is 12.6. The van der Waals surface area contributed by atoms with Crippen LogP contribution in [0.4, 0.5) is 0 Å². The van der Waals surface area contributed by atoms with Crippen LogP contribution in [0.15, 0.2) is 73.6 Å². The molecule has 0 saturated heterocycles. The van der Waals surface area contributed by atoms with E-state index in [9.17, 15) is 4.79 Å². The Kier molecular flexibility index (Phi) is 14.6. The Hall–Kier alpha value is -3.47. The molecule has 214 valence electrons. The minimum Gasteiger partial charge on any atom is -0.494 e. The van der Waals surface area contributed by atoms with Gasteiger partial charge < -0.3 is 9.47 Å². The van der Waals surface area contributed by atoms with Crippen LogP contribution in [0, 0.1) is 0 Å². The van der Waals surface area contributed by atoms with Crippen LogP contribution in [0.1, 0.15) is 106 Å². The Bertz CT molecular complexity index is 1110. The molecule has 0 aliphatic rings. The van der Waals surface area contributed by atoms with Crippen LogP contribution in [0.3, 0.4) is 0 Å². The van der Waals surface area contributed by atoms with E-state index in [4.69, 9.17) is 9.47 Å². The van der Waals surface area contributed by atoms with Gasteiger partial charge in [0.2, 0.25) is 0 Å². The van der Waals surface area contributed by atoms with Crippen molar-refractivity contribution < 1.29 is 14.3 Å². The predicted molar refractivity (Wildman–Crippen MR) is 164 cm³/mol. The minimum atomic E-state index is -0.396. The van der Waals surface area contributed by atoms with Gasteiger partial charge in [0.1, 0.15) is 11.5 Å². The van der Waals surface area contributed by atoms with Crippen molar-refractivity contribution in [1.29, 1.82) is 0 Å². The maximum Gasteiger partial charge on any atom is 0.343 e. The first kappa shape index (κ1) is 31.1. The molecule has 0 spiro atoms. The highest BCUT2D eigenvalue weighted by atomic mass is 16.5. The first-order valence-electron chi connectivity index (χ1n) is 15.2. The third kappa shape index (κ3) is 11.7. The van der Waals surface area contributed by atoms with Crippen molar-refractivity contribution in [1.82, 2.24) is 9.97 Å². The molecule has 5 heteroatoms. The molecule has 0 saturated carbocycles. The standard InChI is InChI=1S/C35H46N2O3/c1-3-5-7-9-10-11-12-14-16-26-39-32-22-20-31(21-23-32)35(38)40-33-24-18-30(19-25-33)34-36-27-29(28-37-34)17-15-13-8-6-4-2/h3,18-25,27-28H,1,4-17,26H2,2H3. The van der Waals surface area contributed by atoms with Crippen LogP contribution >= 0.6 is 0 Å². The second-order valence-corrected chi connectivity index (χ2v) is 10.4. The highest BCUT2D eigenvalue weighted by Gasteiger charge is 2.10. The SMILES string of the molecule is C=CCCCCCCCCCOc1ccc(C(=O)Oc2ccc(-c3ncc(CCCCCCC)cn3)cc2)cc1. The van der Waals surface area contributed by atoms with Crippen LogP contribution in [0.2, 0.25) is 0 Å². The van der Waals surface area contributed by atoms with E-state index >= 15 is 0 Å². The summed E-state index contributed by atoms with van der Waals surface area (Å²) in [5, 5.41) is 0. The number of hydrogen-bond acceptors (Lipinski definition) is 5. The Balaban J connectivity index is 1.36. The average Bonchev–Trinajstić information content (AvgIpc) is 2.99. The Morgan fingerprint density at radius 2 is 1.35 bits per heavy atom. The third-order valence-corrected chi connectivity index (χ3v) is 7.01. The first-order chi connectivity index (χ1) is 19.7. The number of esters is 1. The molecule has 0 aliphatic heterocycles. The van der Waals surface area contributed by atoms with Gasteiger partial charge in [-0.2, -0.15) is 0 Å². The first-order valence-corrected chi connectivity index (χ1v) is 15.2. The molecular formula is C35H46N2O3. The fraction of sp³-hybridized carbons (Fsp3) is 0.457. The number of carbonyl (C=O) groups excluding carboxylic acids is 1. The van der Waals surface area contributed by atoms with E-state index in [1.165, 1.54) is 76.2 Å². The number of hydrogen-bond donors (Lipinski definition) is 0. The van der Waals surface area contributed by atoms with Gasteiger partial charge in [-0.1, -0.05) is 70.8 Å². The molecule has 0 bridgehead atoms. The Morgan fingerprint density at radius 1 is 0.750 bits per heavy atom. The lowest BCUT2D eigenvalue weighted by atomic mass is 10.1. The van der Waals surface area contributed by atoms with E-state index in [0.717, 1.165) is 30.6 Å². The van der Waals surface area contributed by atoms with Crippen LogP contribution in [0.5, 0.6) is 11.5 Å². The van der Waals surface area contributed by atoms with Crippen molar-refractivity contribution in [2.24, 2.45) is 0 Å². The lowest BCUT2D eigenvalue weighted by Crippen LogP contribution is -2.08. The fourth-order valence-electron chi connectivity index (χ4n) is 4.56. The molecule has 5 nitrogen and oxygen atoms in total. The van der Waals surface area contributed by atoms with E-state index in [0.29, 0.717) is 23.7 Å². The average molecular weight is 543 g/mol. The summed E-state index contributed by atoms with van der Waals surface area (Å²) in [7, 11) is 0. The zero-order valence-corrected chi connectivity index (χ0v) is 24.3. The van der Waals surface area contributed by atoms with Crippen molar-refractivity contribution in [3.05, 3.63) is 84.7 Å². The number of rotatable bonds is 20. The maximum absolute atomic E-state index is 12.6. The lowest BCUT2D eigenvalue weighted by Gasteiger charge is -2.08. The van der Waals surface area contributed by atoms with E-state index in [1.54, 1.807) is 24.3 Å². The molecule has 0 N–H and O–H groups in total. The van der Waals surface area contributed by atoms with E-state index < -0.39 is 5.97 Å². The van der Waals surface area contributed by atoms with Crippen LogP contribution in [-0.2, 0) is 6.42 Å². The number of ether oxygens (including phenoxy) is 2. The summed E-state index contributed by atoms with van der Waals surface area (Å²) in [4.78, 5) is 21.7. The lowest BCUT2D eigenvalue weighted by molar-refractivity contribution is 0.0734. The molecule has 3 rings (SSSR count). The van der Waals surface area contributed by atoms with Gasteiger partial charge in [-0.05, 0) is 86.2 Å². The molecule has 0 unspecified atom stereocenters. The monoisotopic (exact) mass is 542 g/mol. The summed E-state index contributed by atoms with van der Waals surface area (Å²) in [5.74, 6) is 1.53. The van der Waals surface area contributed by atoms with E-state index in [1.807, 2.05) is 42.7 Å². The molecule has 0 fully saturated rings. The zero-order valence-electron chi connectivity index (χ0n) is 24.3. The smallest absolute Gasteiger partial charge is 0.343 e. The number of aryl methyl sites for hydroxylation is 1. The van der Waals surface area contributed by atoms with Crippen molar-refractivity contribution >= 4 is 5.97 Å². The van der Waals surface area contributed by atoms with E-state index in [-0.39, 0.29) is 0 Å². The molecule has 0 aliphatic carbocycles. The van der Waals surface area contributed by atoms with Gasteiger partial charge in [-0.15, -0.1) is 6.58 Å². The van der Waals surface area contributed by atoms with Crippen LogP contribution < -0.4 is 9.47 Å². The molecule has 0 radical (unpaired) electrons. The molecule has 0 atom stereocenters. The number of allylic oxidation sites excluding steroid dienone is 1. The van der Waals surface area contributed by atoms with Crippen LogP contribution in [-0.4, -0.2) is 22.5 Å². The Morgan fingerprint density at radius 3 is 2.02 bits per heavy atom. The summed E-state index contributed by atoms with van der Waals surface area (Å²) in [6, 6.07) is 14.4. The van der Waals surface area contributed by atoms with Crippen molar-refractivity contribution in [3.63, 3.8) is 0 Å². The largest absolute Gasteiger partial charge is 0.494 e. The molecule has 40 heavy (non-hydrogen) atoms. The van der Waals surface area contributed by atoms with Gasteiger partial charge in [0.25, 0.3) is 0 Å². The second kappa shape index (κ2) is 18.8. The summed E-state index contributed by atoms with van der Waals surface area (Å²) >= 11 is 0. The van der Waals surface area contributed by atoms with Gasteiger partial charge in [0.15, 0.2) is 5.82 Å². The molecule has 0 amide bonds. The number of carbonyl (C=O) groups is 1. The zero-order chi connectivity index (χ0) is 28.3. The molecule has 2 aromatic carbocycles. The number of unbranched alkanes of at least 4 members (excludes halogenated alkanes) is 11. The van der Waals surface area contributed by atoms with Gasteiger partial charge >= 0.3 is 5.97 Å². The fourth-order valence-corrected chi connectivity index (χ4v) is 4.56. The minimum absolute atomic E-state index is 0.396. The predicted octanol–water partition coefficient (Wildman–Crippen LogP) is 9.56. The summed E-state index contributed by atoms with van der Waals surface area (Å²) in [6.45, 7) is 6.69. The van der Waals surface area contributed by atoms with E-state index in [2.05, 4.69) is 23.5 Å². The highest BCUT2D eigenvalue weighted by Crippen LogP contribution is 2.21. The summed E-state index contributed by atoms with van der Waals surface area (Å²) in [6.07, 6.45) is 22.9. The van der Waals surface area contributed by atoms with Crippen molar-refractivity contribution in [2.45, 2.75) is 96.8 Å². The summed E-state index contributed by atoms with van der Waals surface area (Å²) in [5.41, 5.74) is 2.55. The van der Waals surface area contributed by atoms with Gasteiger partial charge in [-0.25, -0.2) is 14.8 Å². The molecule has 3 aromatic rings. The third-order valence-electron chi connectivity index (χ3n) is 7.01. The number of nitrogens with zero attached hydrogens (tertiary/aromatic N) is 2. The highest BCUT2D eigenvalue weighted by molar-refractivity contribution is 5.91. The summed E-state index contributed by atoms with van der Waals surface area (Å²) < 4.78 is 11.4. The number of aromatic nitrogens is 2. The second-order valence-electron chi connectivity index (χ2n) is 10.4. The molecule has 1 aromatic heterocycles. The van der Waals surface area contributed by atoms with Gasteiger partial charge in [0, 0.05) is 18.0 Å². The molecule has 1 heterocycles. The number of benzene rings is 2.